The molecule has 1 aromatic heterocycles. The molecule has 4 rings (SSSR count). The third-order valence-electron chi connectivity index (χ3n) is 5.43. The van der Waals surface area contributed by atoms with Crippen LogP contribution in [-0.4, -0.2) is 39.9 Å². The Morgan fingerprint density at radius 1 is 1.03 bits per heavy atom. The molecule has 0 spiro atoms. The molecule has 0 saturated carbocycles. The highest BCUT2D eigenvalue weighted by molar-refractivity contribution is 7.99. The minimum absolute atomic E-state index is 0.288. The normalized spacial score (nSPS) is 13.6. The standard InChI is InChI=1S/C25H27N5O2S/c1-3-4-14-25(28-29-25)15-18-33-24-27-26-23(30(24)16-17-31-2)19-32-22-13-9-8-12-21(22)20-10-6-5-7-11-20/h1,5-13H,4,14-19H2,2H3. The molecule has 0 amide bonds. The lowest BCUT2D eigenvalue weighted by atomic mass is 10.1. The third-order valence-corrected chi connectivity index (χ3v) is 6.40. The number of nitrogens with zero attached hydrogens (tertiary/aromatic N) is 5. The summed E-state index contributed by atoms with van der Waals surface area (Å²) < 4.78 is 13.6. The van der Waals surface area contributed by atoms with Gasteiger partial charge in [-0.05, 0) is 11.6 Å². The van der Waals surface area contributed by atoms with Gasteiger partial charge in [-0.25, -0.2) is 0 Å². The molecule has 7 nitrogen and oxygen atoms in total. The second-order valence-corrected chi connectivity index (χ2v) is 8.74. The molecule has 2 heterocycles. The average Bonchev–Trinajstić information content (AvgIpc) is 3.53. The van der Waals surface area contributed by atoms with E-state index in [9.17, 15) is 0 Å². The first-order valence-corrected chi connectivity index (χ1v) is 11.9. The van der Waals surface area contributed by atoms with Gasteiger partial charge in [0.2, 0.25) is 0 Å². The van der Waals surface area contributed by atoms with Gasteiger partial charge in [-0.3, -0.25) is 0 Å². The van der Waals surface area contributed by atoms with Gasteiger partial charge in [0.1, 0.15) is 12.4 Å². The summed E-state index contributed by atoms with van der Waals surface area (Å²) in [5.41, 5.74) is 1.87. The maximum atomic E-state index is 6.20. The molecular formula is C25H27N5O2S. The van der Waals surface area contributed by atoms with E-state index in [0.29, 0.717) is 26.2 Å². The van der Waals surface area contributed by atoms with E-state index in [1.54, 1.807) is 18.9 Å². The van der Waals surface area contributed by atoms with Crippen LogP contribution in [-0.2, 0) is 17.9 Å². The summed E-state index contributed by atoms with van der Waals surface area (Å²) in [5.74, 6) is 5.08. The molecule has 0 saturated heterocycles. The van der Waals surface area contributed by atoms with Crippen molar-refractivity contribution < 1.29 is 9.47 Å². The number of thioether (sulfide) groups is 1. The van der Waals surface area contributed by atoms with Gasteiger partial charge in [-0.1, -0.05) is 60.3 Å². The van der Waals surface area contributed by atoms with Crippen LogP contribution in [0.1, 0.15) is 25.1 Å². The van der Waals surface area contributed by atoms with Crippen LogP contribution in [0, 0.1) is 12.3 Å². The van der Waals surface area contributed by atoms with E-state index in [-0.39, 0.29) is 5.66 Å². The summed E-state index contributed by atoms with van der Waals surface area (Å²) in [7, 11) is 1.69. The molecule has 0 bridgehead atoms. The van der Waals surface area contributed by atoms with E-state index in [2.05, 4.69) is 49.1 Å². The monoisotopic (exact) mass is 461 g/mol. The molecule has 170 valence electrons. The van der Waals surface area contributed by atoms with Gasteiger partial charge in [0.25, 0.3) is 0 Å². The Morgan fingerprint density at radius 2 is 1.82 bits per heavy atom. The molecule has 33 heavy (non-hydrogen) atoms. The zero-order valence-electron chi connectivity index (χ0n) is 18.7. The van der Waals surface area contributed by atoms with E-state index in [4.69, 9.17) is 15.9 Å². The molecule has 0 N–H and O–H groups in total. The number of terminal acetylenes is 1. The summed E-state index contributed by atoms with van der Waals surface area (Å²) in [4.78, 5) is 0. The van der Waals surface area contributed by atoms with Crippen LogP contribution >= 0.6 is 11.8 Å². The van der Waals surface area contributed by atoms with Crippen molar-refractivity contribution in [1.29, 1.82) is 0 Å². The fraction of sp³-hybridized carbons (Fsp3) is 0.360. The highest BCUT2D eigenvalue weighted by Crippen LogP contribution is 2.38. The zero-order chi connectivity index (χ0) is 22.9. The predicted octanol–water partition coefficient (Wildman–Crippen LogP) is 5.23. The first kappa shape index (κ1) is 23.0. The number of para-hydroxylation sites is 1. The third kappa shape index (κ3) is 6.01. The topological polar surface area (TPSA) is 73.9 Å². The molecule has 0 radical (unpaired) electrons. The summed E-state index contributed by atoms with van der Waals surface area (Å²) in [5, 5.41) is 18.1. The first-order valence-electron chi connectivity index (χ1n) is 10.9. The van der Waals surface area contributed by atoms with Gasteiger partial charge < -0.3 is 14.0 Å². The maximum Gasteiger partial charge on any atom is 0.192 e. The zero-order valence-corrected chi connectivity index (χ0v) is 19.5. The number of rotatable bonds is 13. The van der Waals surface area contributed by atoms with E-state index >= 15 is 0 Å². The van der Waals surface area contributed by atoms with E-state index in [1.165, 1.54) is 0 Å². The highest BCUT2D eigenvalue weighted by atomic mass is 32.2. The Labute approximate surface area is 198 Å². The Hall–Kier alpha value is -3.15. The van der Waals surface area contributed by atoms with Crippen molar-refractivity contribution >= 4 is 11.8 Å². The number of methoxy groups -OCH3 is 1. The fourth-order valence-corrected chi connectivity index (χ4v) is 4.57. The van der Waals surface area contributed by atoms with Gasteiger partial charge in [0.05, 0.1) is 6.61 Å². The van der Waals surface area contributed by atoms with Crippen molar-refractivity contribution in [3.05, 3.63) is 60.4 Å². The number of hydrogen-bond acceptors (Lipinski definition) is 7. The second-order valence-electron chi connectivity index (χ2n) is 7.68. The lowest BCUT2D eigenvalue weighted by molar-refractivity contribution is 0.181. The van der Waals surface area contributed by atoms with Gasteiger partial charge in [0.15, 0.2) is 16.6 Å². The molecule has 8 heteroatoms. The van der Waals surface area contributed by atoms with Crippen LogP contribution in [0.15, 0.2) is 70.0 Å². The number of hydrogen-bond donors (Lipinski definition) is 0. The number of benzene rings is 2. The molecule has 2 aromatic carbocycles. The van der Waals surface area contributed by atoms with E-state index in [0.717, 1.165) is 46.5 Å². The Bertz CT molecular complexity index is 1120. The van der Waals surface area contributed by atoms with Crippen LogP contribution in [0.25, 0.3) is 11.1 Å². The van der Waals surface area contributed by atoms with Crippen LogP contribution in [0.3, 0.4) is 0 Å². The van der Waals surface area contributed by atoms with E-state index in [1.807, 2.05) is 36.4 Å². The van der Waals surface area contributed by atoms with Crippen molar-refractivity contribution in [3.63, 3.8) is 0 Å². The Kier molecular flexibility index (Phi) is 7.76. The van der Waals surface area contributed by atoms with Crippen molar-refractivity contribution in [1.82, 2.24) is 14.8 Å². The molecule has 0 atom stereocenters. The summed E-state index contributed by atoms with van der Waals surface area (Å²) >= 11 is 1.65. The van der Waals surface area contributed by atoms with Crippen molar-refractivity contribution in [2.45, 2.75) is 43.2 Å². The molecule has 3 aromatic rings. The molecule has 1 aliphatic heterocycles. The fourth-order valence-electron chi connectivity index (χ4n) is 3.50. The quantitative estimate of drug-likeness (QED) is 0.257. The van der Waals surface area contributed by atoms with Crippen LogP contribution in [0.2, 0.25) is 0 Å². The lowest BCUT2D eigenvalue weighted by Gasteiger charge is -2.13. The lowest BCUT2D eigenvalue weighted by Crippen LogP contribution is -2.13. The molecule has 0 unspecified atom stereocenters. The van der Waals surface area contributed by atoms with Crippen LogP contribution in [0.5, 0.6) is 5.75 Å². The summed E-state index contributed by atoms with van der Waals surface area (Å²) in [6.45, 7) is 1.54. The first-order chi connectivity index (χ1) is 16.2. The van der Waals surface area contributed by atoms with Crippen LogP contribution in [0.4, 0.5) is 0 Å². The predicted molar refractivity (Wildman–Crippen MR) is 129 cm³/mol. The minimum Gasteiger partial charge on any atom is -0.485 e. The number of ether oxygens (including phenoxy) is 2. The van der Waals surface area contributed by atoms with E-state index < -0.39 is 0 Å². The van der Waals surface area contributed by atoms with Crippen LogP contribution < -0.4 is 4.74 Å². The minimum atomic E-state index is -0.288. The maximum absolute atomic E-state index is 6.20. The highest BCUT2D eigenvalue weighted by Gasteiger charge is 2.38. The number of aromatic nitrogens is 3. The molecular weight excluding hydrogens is 434 g/mol. The molecule has 0 aliphatic carbocycles. The summed E-state index contributed by atoms with van der Waals surface area (Å²) in [6.07, 6.45) is 7.72. The SMILES string of the molecule is C#CCCC1(CCSc2nnc(COc3ccccc3-c3ccccc3)n2CCOC)N=N1. The molecule has 0 fully saturated rings. The van der Waals surface area contributed by atoms with Gasteiger partial charge in [-0.2, -0.15) is 10.2 Å². The van der Waals surface area contributed by atoms with Gasteiger partial charge in [0, 0.05) is 44.2 Å². The largest absolute Gasteiger partial charge is 0.485 e. The second kappa shape index (κ2) is 11.1. The smallest absolute Gasteiger partial charge is 0.192 e. The Balaban J connectivity index is 1.42. The Morgan fingerprint density at radius 3 is 2.58 bits per heavy atom. The van der Waals surface area contributed by atoms with Gasteiger partial charge >= 0.3 is 0 Å². The average molecular weight is 462 g/mol. The van der Waals surface area contributed by atoms with Crippen molar-refractivity contribution in [2.75, 3.05) is 19.5 Å². The van der Waals surface area contributed by atoms with Crippen molar-refractivity contribution in [2.24, 2.45) is 10.2 Å². The van der Waals surface area contributed by atoms with Gasteiger partial charge in [-0.15, -0.1) is 22.5 Å². The molecule has 1 aliphatic rings. The van der Waals surface area contributed by atoms with Crippen molar-refractivity contribution in [3.8, 4) is 29.2 Å². The summed E-state index contributed by atoms with van der Waals surface area (Å²) in [6, 6.07) is 18.2.